The zero-order valence-corrected chi connectivity index (χ0v) is 14.6. The van der Waals surface area contributed by atoms with Crippen molar-refractivity contribution in [3.63, 3.8) is 0 Å². The molecule has 2 aromatic rings. The van der Waals surface area contributed by atoms with E-state index in [1.54, 1.807) is 12.4 Å². The Kier molecular flexibility index (Phi) is 4.43. The van der Waals surface area contributed by atoms with E-state index in [1.807, 2.05) is 30.0 Å². The van der Waals surface area contributed by atoms with Crippen LogP contribution < -0.4 is 4.74 Å². The number of rotatable bonds is 4. The molecule has 4 rings (SSSR count). The summed E-state index contributed by atoms with van der Waals surface area (Å²) in [4.78, 5) is 19.0. The smallest absolute Gasteiger partial charge is 0.263 e. The molecule has 1 aliphatic carbocycles. The van der Waals surface area contributed by atoms with Crippen LogP contribution in [0.15, 0.2) is 42.7 Å². The summed E-state index contributed by atoms with van der Waals surface area (Å²) in [7, 11) is 0. The Labute approximate surface area is 148 Å². The topological polar surface area (TPSA) is 42.4 Å². The molecular formula is C21H24N2O2. The fourth-order valence-electron chi connectivity index (χ4n) is 4.07. The van der Waals surface area contributed by atoms with Crippen molar-refractivity contribution in [2.45, 2.75) is 51.2 Å². The highest BCUT2D eigenvalue weighted by molar-refractivity contribution is 5.81. The molecule has 2 heterocycles. The van der Waals surface area contributed by atoms with E-state index in [-0.39, 0.29) is 11.9 Å². The number of aryl methyl sites for hydroxylation is 2. The number of hydrogen-bond acceptors (Lipinski definition) is 3. The third-order valence-electron chi connectivity index (χ3n) is 5.36. The maximum atomic E-state index is 13.0. The molecule has 1 aromatic heterocycles. The molecular weight excluding hydrogens is 312 g/mol. The van der Waals surface area contributed by atoms with Crippen molar-refractivity contribution in [1.82, 2.24) is 9.88 Å². The lowest BCUT2D eigenvalue weighted by Crippen LogP contribution is -2.40. The summed E-state index contributed by atoms with van der Waals surface area (Å²) < 4.78 is 5.99. The third kappa shape index (κ3) is 3.26. The first-order valence-corrected chi connectivity index (χ1v) is 9.21. The molecule has 4 nitrogen and oxygen atoms in total. The highest BCUT2D eigenvalue weighted by Crippen LogP contribution is 2.33. The van der Waals surface area contributed by atoms with Crippen LogP contribution in [0.2, 0.25) is 0 Å². The fraction of sp³-hybridized carbons (Fsp3) is 0.429. The van der Waals surface area contributed by atoms with Gasteiger partial charge in [-0.1, -0.05) is 6.07 Å². The summed E-state index contributed by atoms with van der Waals surface area (Å²) in [5.74, 6) is 0.876. The monoisotopic (exact) mass is 336 g/mol. The SMILES string of the molecule is C[C@H](Oc1ccc2c(c1)CCC2)C(=O)N1CCC[C@@H]1c1ccncc1. The summed E-state index contributed by atoms with van der Waals surface area (Å²) in [5, 5.41) is 0. The summed E-state index contributed by atoms with van der Waals surface area (Å²) in [6.45, 7) is 2.65. The van der Waals surface area contributed by atoms with Gasteiger partial charge in [0, 0.05) is 18.9 Å². The first-order chi connectivity index (χ1) is 12.2. The molecule has 0 unspecified atom stereocenters. The molecule has 0 bridgehead atoms. The number of carbonyl (C=O) groups excluding carboxylic acids is 1. The number of carbonyl (C=O) groups is 1. The highest BCUT2D eigenvalue weighted by atomic mass is 16.5. The van der Waals surface area contributed by atoms with Crippen LogP contribution in [0.1, 0.15) is 48.9 Å². The van der Waals surface area contributed by atoms with Gasteiger partial charge in [-0.3, -0.25) is 9.78 Å². The number of amides is 1. The van der Waals surface area contributed by atoms with Crippen molar-refractivity contribution < 1.29 is 9.53 Å². The maximum absolute atomic E-state index is 13.0. The van der Waals surface area contributed by atoms with Gasteiger partial charge in [-0.05, 0) is 80.0 Å². The van der Waals surface area contributed by atoms with Crippen LogP contribution in [0.5, 0.6) is 5.75 Å². The normalized spacial score (nSPS) is 20.4. The second kappa shape index (κ2) is 6.87. The van der Waals surface area contributed by atoms with Crippen LogP contribution in [-0.2, 0) is 17.6 Å². The Bertz CT molecular complexity index is 760. The average Bonchev–Trinajstić information content (AvgIpc) is 3.30. The molecule has 0 spiro atoms. The molecule has 4 heteroatoms. The molecule has 130 valence electrons. The number of benzene rings is 1. The zero-order valence-electron chi connectivity index (χ0n) is 14.6. The second-order valence-electron chi connectivity index (χ2n) is 7.01. The lowest BCUT2D eigenvalue weighted by atomic mass is 10.1. The van der Waals surface area contributed by atoms with Gasteiger partial charge in [-0.2, -0.15) is 0 Å². The van der Waals surface area contributed by atoms with Gasteiger partial charge in [-0.15, -0.1) is 0 Å². The molecule has 0 radical (unpaired) electrons. The molecule has 2 aliphatic rings. The molecule has 1 saturated heterocycles. The standard InChI is InChI=1S/C21H24N2O2/c1-15(25-19-8-7-16-4-2-5-18(16)14-19)21(24)23-13-3-6-20(23)17-9-11-22-12-10-17/h7-12,14-15,20H,2-6,13H2,1H3/t15-,20+/m0/s1. The maximum Gasteiger partial charge on any atom is 0.263 e. The number of pyridine rings is 1. The van der Waals surface area contributed by atoms with Gasteiger partial charge in [-0.25, -0.2) is 0 Å². The van der Waals surface area contributed by atoms with Crippen LogP contribution in [0.25, 0.3) is 0 Å². The first-order valence-electron chi connectivity index (χ1n) is 9.21. The van der Waals surface area contributed by atoms with Crippen LogP contribution in [0.3, 0.4) is 0 Å². The van der Waals surface area contributed by atoms with Crippen LogP contribution >= 0.6 is 0 Å². The zero-order chi connectivity index (χ0) is 17.2. The van der Waals surface area contributed by atoms with Gasteiger partial charge < -0.3 is 9.64 Å². The van der Waals surface area contributed by atoms with Gasteiger partial charge >= 0.3 is 0 Å². The lowest BCUT2D eigenvalue weighted by Gasteiger charge is -2.28. The van der Waals surface area contributed by atoms with E-state index in [9.17, 15) is 4.79 Å². The predicted octanol–water partition coefficient (Wildman–Crippen LogP) is 3.70. The van der Waals surface area contributed by atoms with Gasteiger partial charge in [0.05, 0.1) is 6.04 Å². The van der Waals surface area contributed by atoms with E-state index in [1.165, 1.54) is 17.5 Å². The first kappa shape index (κ1) is 16.1. The summed E-state index contributed by atoms with van der Waals surface area (Å²) >= 11 is 0. The largest absolute Gasteiger partial charge is 0.481 e. The predicted molar refractivity (Wildman–Crippen MR) is 96.5 cm³/mol. The molecule has 1 aromatic carbocycles. The van der Waals surface area contributed by atoms with Crippen molar-refractivity contribution in [3.05, 3.63) is 59.4 Å². The van der Waals surface area contributed by atoms with Gasteiger partial charge in [0.1, 0.15) is 5.75 Å². The number of fused-ring (bicyclic) bond motifs is 1. The third-order valence-corrected chi connectivity index (χ3v) is 5.36. The Morgan fingerprint density at radius 3 is 2.80 bits per heavy atom. The number of likely N-dealkylation sites (tertiary alicyclic amines) is 1. The van der Waals surface area contributed by atoms with Crippen molar-refractivity contribution in [3.8, 4) is 5.75 Å². The Balaban J connectivity index is 1.46. The van der Waals surface area contributed by atoms with E-state index in [4.69, 9.17) is 4.74 Å². The minimum absolute atomic E-state index is 0.0693. The highest BCUT2D eigenvalue weighted by Gasteiger charge is 2.33. The molecule has 0 N–H and O–H groups in total. The fourth-order valence-corrected chi connectivity index (χ4v) is 4.07. The van der Waals surface area contributed by atoms with Crippen LogP contribution in [0, 0.1) is 0 Å². The molecule has 1 amide bonds. The van der Waals surface area contributed by atoms with Crippen molar-refractivity contribution in [2.24, 2.45) is 0 Å². The lowest BCUT2D eigenvalue weighted by molar-refractivity contribution is -0.138. The Hall–Kier alpha value is -2.36. The minimum atomic E-state index is -0.470. The van der Waals surface area contributed by atoms with E-state index >= 15 is 0 Å². The average molecular weight is 336 g/mol. The van der Waals surface area contributed by atoms with Crippen molar-refractivity contribution in [2.75, 3.05) is 6.54 Å². The van der Waals surface area contributed by atoms with Crippen LogP contribution in [0.4, 0.5) is 0 Å². The van der Waals surface area contributed by atoms with Crippen molar-refractivity contribution in [1.29, 1.82) is 0 Å². The number of hydrogen-bond donors (Lipinski definition) is 0. The summed E-state index contributed by atoms with van der Waals surface area (Å²) in [6, 6.07) is 10.4. The molecule has 25 heavy (non-hydrogen) atoms. The summed E-state index contributed by atoms with van der Waals surface area (Å²) in [5.41, 5.74) is 3.95. The summed E-state index contributed by atoms with van der Waals surface area (Å²) in [6.07, 6.45) is 8.64. The van der Waals surface area contributed by atoms with Gasteiger partial charge in [0.15, 0.2) is 6.10 Å². The number of aromatic nitrogens is 1. The van der Waals surface area contributed by atoms with Crippen molar-refractivity contribution >= 4 is 5.91 Å². The second-order valence-corrected chi connectivity index (χ2v) is 7.01. The van der Waals surface area contributed by atoms with Crippen LogP contribution in [-0.4, -0.2) is 28.4 Å². The molecule has 2 atom stereocenters. The van der Waals surface area contributed by atoms with E-state index in [0.29, 0.717) is 0 Å². The molecule has 0 saturated carbocycles. The Morgan fingerprint density at radius 1 is 1.16 bits per heavy atom. The number of nitrogens with zero attached hydrogens (tertiary/aromatic N) is 2. The van der Waals surface area contributed by atoms with E-state index < -0.39 is 6.10 Å². The number of ether oxygens (including phenoxy) is 1. The van der Waals surface area contributed by atoms with Gasteiger partial charge in [0.25, 0.3) is 5.91 Å². The Morgan fingerprint density at radius 2 is 1.96 bits per heavy atom. The van der Waals surface area contributed by atoms with E-state index in [0.717, 1.165) is 43.5 Å². The molecule has 1 fully saturated rings. The molecule has 1 aliphatic heterocycles. The minimum Gasteiger partial charge on any atom is -0.481 e. The van der Waals surface area contributed by atoms with E-state index in [2.05, 4.69) is 17.1 Å². The quantitative estimate of drug-likeness (QED) is 0.855. The van der Waals surface area contributed by atoms with Gasteiger partial charge in [0.2, 0.25) is 0 Å².